The third-order valence-corrected chi connectivity index (χ3v) is 6.37. The highest BCUT2D eigenvalue weighted by molar-refractivity contribution is 5.68. The van der Waals surface area contributed by atoms with E-state index in [0.29, 0.717) is 18.8 Å². The summed E-state index contributed by atoms with van der Waals surface area (Å²) in [5.41, 5.74) is 4.79. The van der Waals surface area contributed by atoms with Crippen LogP contribution in [0.2, 0.25) is 0 Å². The van der Waals surface area contributed by atoms with Gasteiger partial charge in [0.2, 0.25) is 0 Å². The van der Waals surface area contributed by atoms with Gasteiger partial charge in [-0.05, 0) is 86.7 Å². The summed E-state index contributed by atoms with van der Waals surface area (Å²) in [6.07, 6.45) is 4.94. The smallest absolute Gasteiger partial charge is 0.272 e. The Labute approximate surface area is 195 Å². The molecule has 0 saturated carbocycles. The first kappa shape index (κ1) is 23.2. The van der Waals surface area contributed by atoms with Crippen LogP contribution in [0.5, 0.6) is 0 Å². The Balaban J connectivity index is 1.55. The molecule has 2 aromatic carbocycles. The number of aryl methyl sites for hydroxylation is 1. The number of rotatable bonds is 10. The Morgan fingerprint density at radius 3 is 2.61 bits per heavy atom. The quantitative estimate of drug-likeness (QED) is 0.219. The molecule has 3 aromatic rings. The van der Waals surface area contributed by atoms with Crippen LogP contribution in [0, 0.1) is 24.0 Å². The fourth-order valence-electron chi connectivity index (χ4n) is 4.40. The molecule has 1 fully saturated rings. The molecular formula is C27H31N2O4. The van der Waals surface area contributed by atoms with Gasteiger partial charge in [0.05, 0.1) is 24.4 Å². The lowest BCUT2D eigenvalue weighted by atomic mass is 9.92. The van der Waals surface area contributed by atoms with E-state index in [1.807, 2.05) is 24.3 Å². The molecule has 1 aliphatic rings. The molecule has 4 rings (SSSR count). The summed E-state index contributed by atoms with van der Waals surface area (Å²) in [5, 5.41) is 11.4. The summed E-state index contributed by atoms with van der Waals surface area (Å²) in [4.78, 5) is 13.5. The molecule has 0 bridgehead atoms. The first-order valence-electron chi connectivity index (χ1n) is 11.5. The van der Waals surface area contributed by atoms with Crippen LogP contribution in [-0.2, 0) is 17.8 Å². The molecule has 0 N–H and O–H groups in total. The predicted octanol–water partition coefficient (Wildman–Crippen LogP) is 5.94. The van der Waals surface area contributed by atoms with Crippen molar-refractivity contribution in [2.24, 2.45) is 0 Å². The molecule has 6 nitrogen and oxygen atoms in total. The number of benzene rings is 2. The Hall–Kier alpha value is -2.96. The van der Waals surface area contributed by atoms with Crippen LogP contribution in [-0.4, -0.2) is 36.1 Å². The SMILES string of the molecule is [CH2]C(Cc1ccc(-c2ccc(C)c([N+](=O)[O-])c2)cc1COCCN1CCCC1)c1ccco1. The number of nitrogens with zero attached hydrogens (tertiary/aromatic N) is 2. The molecule has 0 amide bonds. The minimum atomic E-state index is -0.327. The van der Waals surface area contributed by atoms with Crippen molar-refractivity contribution in [3.8, 4) is 11.1 Å². The summed E-state index contributed by atoms with van der Waals surface area (Å²) in [6, 6.07) is 15.4. The maximum absolute atomic E-state index is 11.4. The van der Waals surface area contributed by atoms with E-state index in [4.69, 9.17) is 9.15 Å². The van der Waals surface area contributed by atoms with Crippen LogP contribution < -0.4 is 0 Å². The van der Waals surface area contributed by atoms with E-state index in [-0.39, 0.29) is 16.5 Å². The number of hydrogen-bond donors (Lipinski definition) is 0. The van der Waals surface area contributed by atoms with Gasteiger partial charge in [-0.25, -0.2) is 0 Å². The van der Waals surface area contributed by atoms with Crippen molar-refractivity contribution in [1.82, 2.24) is 4.90 Å². The summed E-state index contributed by atoms with van der Waals surface area (Å²) < 4.78 is 11.6. The van der Waals surface area contributed by atoms with Crippen molar-refractivity contribution in [2.45, 2.75) is 38.7 Å². The van der Waals surface area contributed by atoms with Crippen LogP contribution in [0.15, 0.2) is 59.2 Å². The molecular weight excluding hydrogens is 416 g/mol. The first-order chi connectivity index (χ1) is 16.0. The fraction of sp³-hybridized carbons (Fsp3) is 0.370. The molecule has 1 unspecified atom stereocenters. The van der Waals surface area contributed by atoms with Crippen LogP contribution in [0.4, 0.5) is 5.69 Å². The zero-order chi connectivity index (χ0) is 23.2. The van der Waals surface area contributed by atoms with Crippen molar-refractivity contribution >= 4 is 5.69 Å². The molecule has 1 radical (unpaired) electrons. The first-order valence-corrected chi connectivity index (χ1v) is 11.5. The lowest BCUT2D eigenvalue weighted by Crippen LogP contribution is -2.24. The Morgan fingerprint density at radius 2 is 1.88 bits per heavy atom. The second kappa shape index (κ2) is 10.8. The van der Waals surface area contributed by atoms with Gasteiger partial charge in [0.1, 0.15) is 5.76 Å². The minimum absolute atomic E-state index is 0.00494. The summed E-state index contributed by atoms with van der Waals surface area (Å²) >= 11 is 0. The standard InChI is InChI=1S/C27H31N2O4/c1-20-7-8-24(18-26(20)29(30)31)23-10-9-22(16-21(2)27-6-5-14-33-27)25(17-23)19-32-15-13-28-11-3-4-12-28/h5-10,14,17-18,21H,2-4,11-13,15-16,19H2,1H3. The number of nitro groups is 1. The lowest BCUT2D eigenvalue weighted by Gasteiger charge is -2.17. The van der Waals surface area contributed by atoms with Crippen molar-refractivity contribution in [1.29, 1.82) is 0 Å². The van der Waals surface area contributed by atoms with E-state index in [1.165, 1.54) is 12.8 Å². The molecule has 1 aliphatic heterocycles. The maximum Gasteiger partial charge on any atom is 0.272 e. The molecule has 173 valence electrons. The van der Waals surface area contributed by atoms with E-state index < -0.39 is 0 Å². The van der Waals surface area contributed by atoms with Crippen molar-refractivity contribution in [2.75, 3.05) is 26.2 Å². The van der Waals surface area contributed by atoms with Gasteiger partial charge in [-0.1, -0.05) is 24.3 Å². The van der Waals surface area contributed by atoms with Gasteiger partial charge in [0.15, 0.2) is 0 Å². The number of likely N-dealkylation sites (tertiary alicyclic amines) is 1. The third kappa shape index (κ3) is 5.89. The molecule has 1 saturated heterocycles. The number of ether oxygens (including phenoxy) is 1. The number of hydrogen-bond acceptors (Lipinski definition) is 5. The third-order valence-electron chi connectivity index (χ3n) is 6.37. The lowest BCUT2D eigenvalue weighted by molar-refractivity contribution is -0.385. The zero-order valence-electron chi connectivity index (χ0n) is 19.2. The van der Waals surface area contributed by atoms with Gasteiger partial charge in [0, 0.05) is 24.1 Å². The summed E-state index contributed by atoms with van der Waals surface area (Å²) in [5.74, 6) is 0.851. The second-order valence-corrected chi connectivity index (χ2v) is 8.76. The van der Waals surface area contributed by atoms with Gasteiger partial charge < -0.3 is 14.1 Å². The zero-order valence-corrected chi connectivity index (χ0v) is 19.2. The molecule has 2 heterocycles. The van der Waals surface area contributed by atoms with E-state index in [2.05, 4.69) is 24.0 Å². The molecule has 6 heteroatoms. The van der Waals surface area contributed by atoms with Crippen molar-refractivity contribution in [3.63, 3.8) is 0 Å². The van der Waals surface area contributed by atoms with Crippen LogP contribution in [0.25, 0.3) is 11.1 Å². The van der Waals surface area contributed by atoms with Crippen LogP contribution in [0.1, 0.15) is 41.2 Å². The highest BCUT2D eigenvalue weighted by Gasteiger charge is 2.16. The Morgan fingerprint density at radius 1 is 1.12 bits per heavy atom. The van der Waals surface area contributed by atoms with E-state index in [9.17, 15) is 10.1 Å². The number of nitro benzene ring substituents is 1. The highest BCUT2D eigenvalue weighted by Crippen LogP contribution is 2.30. The summed E-state index contributed by atoms with van der Waals surface area (Å²) in [6.45, 7) is 10.5. The highest BCUT2D eigenvalue weighted by atomic mass is 16.6. The van der Waals surface area contributed by atoms with Gasteiger partial charge in [-0.2, -0.15) is 0 Å². The Bertz CT molecular complexity index is 1070. The average molecular weight is 448 g/mol. The average Bonchev–Trinajstić information content (AvgIpc) is 3.52. The van der Waals surface area contributed by atoms with Crippen LogP contribution >= 0.6 is 0 Å². The maximum atomic E-state index is 11.4. The van der Waals surface area contributed by atoms with E-state index in [1.54, 1.807) is 25.3 Å². The number of furan rings is 1. The minimum Gasteiger partial charge on any atom is -0.469 e. The van der Waals surface area contributed by atoms with E-state index in [0.717, 1.165) is 54.1 Å². The molecule has 33 heavy (non-hydrogen) atoms. The van der Waals surface area contributed by atoms with Gasteiger partial charge >= 0.3 is 0 Å². The fourth-order valence-corrected chi connectivity index (χ4v) is 4.40. The van der Waals surface area contributed by atoms with Gasteiger partial charge in [-0.15, -0.1) is 0 Å². The predicted molar refractivity (Wildman–Crippen MR) is 129 cm³/mol. The normalized spacial score (nSPS) is 15.1. The summed E-state index contributed by atoms with van der Waals surface area (Å²) in [7, 11) is 0. The topological polar surface area (TPSA) is 68.8 Å². The molecule has 0 aliphatic carbocycles. The largest absolute Gasteiger partial charge is 0.469 e. The van der Waals surface area contributed by atoms with Crippen molar-refractivity contribution < 1.29 is 14.1 Å². The van der Waals surface area contributed by atoms with Gasteiger partial charge in [-0.3, -0.25) is 10.1 Å². The second-order valence-electron chi connectivity index (χ2n) is 8.76. The molecule has 1 atom stereocenters. The van der Waals surface area contributed by atoms with E-state index >= 15 is 0 Å². The monoisotopic (exact) mass is 447 g/mol. The Kier molecular flexibility index (Phi) is 7.57. The molecule has 0 spiro atoms. The molecule has 1 aromatic heterocycles. The van der Waals surface area contributed by atoms with Gasteiger partial charge in [0.25, 0.3) is 5.69 Å². The van der Waals surface area contributed by atoms with Crippen molar-refractivity contribution in [3.05, 3.63) is 94.3 Å². The van der Waals surface area contributed by atoms with Crippen LogP contribution in [0.3, 0.4) is 0 Å².